The summed E-state index contributed by atoms with van der Waals surface area (Å²) in [7, 11) is 0. The minimum absolute atomic E-state index is 0.0637. The SMILES string of the molecule is CC(C)(C)C(O)C[C@@H](CC1CCCCC1)[C@@H](O)C[C@@H](Cc1ccccc1)C(=O)N[C@H]1c2ccccc2C[C@H]1O. The van der Waals surface area contributed by atoms with Crippen molar-refractivity contribution in [2.75, 3.05) is 0 Å². The lowest BCUT2D eigenvalue weighted by molar-refractivity contribution is -0.128. The van der Waals surface area contributed by atoms with E-state index in [9.17, 15) is 20.1 Å². The number of aliphatic hydroxyl groups is 3. The molecule has 0 aromatic heterocycles. The zero-order chi connectivity index (χ0) is 28.0. The van der Waals surface area contributed by atoms with Gasteiger partial charge in [0.2, 0.25) is 5.91 Å². The molecule has 0 heterocycles. The number of amides is 1. The molecule has 1 unspecified atom stereocenters. The zero-order valence-corrected chi connectivity index (χ0v) is 24.1. The Kier molecular flexibility index (Phi) is 10.3. The molecule has 2 aromatic rings. The fourth-order valence-corrected chi connectivity index (χ4v) is 6.59. The number of carbonyl (C=O) groups is 1. The van der Waals surface area contributed by atoms with Crippen LogP contribution in [-0.2, 0) is 17.6 Å². The third kappa shape index (κ3) is 8.15. The molecule has 2 aliphatic carbocycles. The van der Waals surface area contributed by atoms with Gasteiger partial charge in [-0.05, 0) is 59.6 Å². The van der Waals surface area contributed by atoms with Gasteiger partial charge in [-0.3, -0.25) is 4.79 Å². The van der Waals surface area contributed by atoms with Gasteiger partial charge in [0.1, 0.15) is 0 Å². The number of rotatable bonds is 11. The summed E-state index contributed by atoms with van der Waals surface area (Å²) in [5.41, 5.74) is 2.83. The summed E-state index contributed by atoms with van der Waals surface area (Å²) in [6.07, 6.45) is 7.06. The van der Waals surface area contributed by atoms with Gasteiger partial charge in [0.25, 0.3) is 0 Å². The predicted molar refractivity (Wildman–Crippen MR) is 156 cm³/mol. The van der Waals surface area contributed by atoms with Crippen LogP contribution in [0.4, 0.5) is 0 Å². The van der Waals surface area contributed by atoms with Crippen molar-refractivity contribution in [2.24, 2.45) is 23.2 Å². The van der Waals surface area contributed by atoms with Crippen LogP contribution < -0.4 is 5.32 Å². The average Bonchev–Trinajstić information content (AvgIpc) is 3.23. The first-order valence-electron chi connectivity index (χ1n) is 15.1. The number of carbonyl (C=O) groups excluding carboxylic acids is 1. The smallest absolute Gasteiger partial charge is 0.224 e. The van der Waals surface area contributed by atoms with Crippen molar-refractivity contribution in [3.8, 4) is 0 Å². The summed E-state index contributed by atoms with van der Waals surface area (Å²) in [5.74, 6) is -0.0715. The fraction of sp³-hybridized carbons (Fsp3) is 0.618. The number of aliphatic hydroxyl groups excluding tert-OH is 3. The van der Waals surface area contributed by atoms with Gasteiger partial charge in [-0.1, -0.05) is 107 Å². The molecule has 1 saturated carbocycles. The van der Waals surface area contributed by atoms with Crippen LogP contribution in [0.15, 0.2) is 54.6 Å². The molecule has 214 valence electrons. The normalized spacial score (nSPS) is 23.0. The second kappa shape index (κ2) is 13.4. The Morgan fingerprint density at radius 1 is 0.949 bits per heavy atom. The van der Waals surface area contributed by atoms with E-state index < -0.39 is 30.3 Å². The van der Waals surface area contributed by atoms with E-state index in [4.69, 9.17) is 0 Å². The Labute approximate surface area is 235 Å². The minimum atomic E-state index is -0.691. The second-order valence-corrected chi connectivity index (χ2v) is 13.3. The molecular weight excluding hydrogens is 486 g/mol. The van der Waals surface area contributed by atoms with Crippen LogP contribution in [0.2, 0.25) is 0 Å². The summed E-state index contributed by atoms with van der Waals surface area (Å²) in [5, 5.41) is 36.6. The van der Waals surface area contributed by atoms with Crippen LogP contribution in [-0.4, -0.2) is 39.5 Å². The van der Waals surface area contributed by atoms with Crippen LogP contribution in [0.3, 0.4) is 0 Å². The largest absolute Gasteiger partial charge is 0.393 e. The second-order valence-electron chi connectivity index (χ2n) is 13.3. The highest BCUT2D eigenvalue weighted by molar-refractivity contribution is 5.79. The maximum Gasteiger partial charge on any atom is 0.224 e. The van der Waals surface area contributed by atoms with E-state index in [1.54, 1.807) is 0 Å². The zero-order valence-electron chi connectivity index (χ0n) is 24.1. The van der Waals surface area contributed by atoms with Crippen molar-refractivity contribution in [3.63, 3.8) is 0 Å². The molecule has 2 aromatic carbocycles. The van der Waals surface area contributed by atoms with E-state index in [0.717, 1.165) is 23.1 Å². The summed E-state index contributed by atoms with van der Waals surface area (Å²) in [4.78, 5) is 13.8. The number of hydrogen-bond donors (Lipinski definition) is 4. The van der Waals surface area contributed by atoms with Gasteiger partial charge in [-0.25, -0.2) is 0 Å². The van der Waals surface area contributed by atoms with Gasteiger partial charge in [-0.2, -0.15) is 0 Å². The van der Waals surface area contributed by atoms with Crippen LogP contribution >= 0.6 is 0 Å². The molecule has 0 bridgehead atoms. The molecule has 39 heavy (non-hydrogen) atoms. The first-order chi connectivity index (χ1) is 18.6. The van der Waals surface area contributed by atoms with Crippen LogP contribution in [0.5, 0.6) is 0 Å². The molecule has 5 heteroatoms. The maximum absolute atomic E-state index is 13.8. The molecule has 0 aliphatic heterocycles. The third-order valence-electron chi connectivity index (χ3n) is 9.15. The highest BCUT2D eigenvalue weighted by Gasteiger charge is 2.36. The van der Waals surface area contributed by atoms with E-state index in [1.807, 2.05) is 75.4 Å². The molecule has 1 amide bonds. The lowest BCUT2D eigenvalue weighted by atomic mass is 9.74. The number of benzene rings is 2. The monoisotopic (exact) mass is 535 g/mol. The van der Waals surface area contributed by atoms with Crippen LogP contribution in [0.25, 0.3) is 0 Å². The lowest BCUT2D eigenvalue weighted by Gasteiger charge is -2.35. The van der Waals surface area contributed by atoms with E-state index in [-0.39, 0.29) is 17.2 Å². The molecule has 4 N–H and O–H groups in total. The molecule has 0 radical (unpaired) electrons. The van der Waals surface area contributed by atoms with Gasteiger partial charge in [0.05, 0.1) is 24.4 Å². The third-order valence-corrected chi connectivity index (χ3v) is 9.15. The first-order valence-corrected chi connectivity index (χ1v) is 15.1. The number of hydrogen-bond acceptors (Lipinski definition) is 4. The van der Waals surface area contributed by atoms with Gasteiger partial charge >= 0.3 is 0 Å². The van der Waals surface area contributed by atoms with Gasteiger partial charge < -0.3 is 20.6 Å². The van der Waals surface area contributed by atoms with Crippen molar-refractivity contribution in [1.29, 1.82) is 0 Å². The van der Waals surface area contributed by atoms with E-state index in [1.165, 1.54) is 32.1 Å². The topological polar surface area (TPSA) is 89.8 Å². The highest BCUT2D eigenvalue weighted by atomic mass is 16.3. The Balaban J connectivity index is 1.52. The number of fused-ring (bicyclic) bond motifs is 1. The van der Waals surface area contributed by atoms with Gasteiger partial charge in [0.15, 0.2) is 0 Å². The van der Waals surface area contributed by atoms with Crippen molar-refractivity contribution in [1.82, 2.24) is 5.32 Å². The summed E-state index contributed by atoms with van der Waals surface area (Å²) in [6.45, 7) is 6.12. The van der Waals surface area contributed by atoms with Crippen LogP contribution in [0, 0.1) is 23.2 Å². The van der Waals surface area contributed by atoms with Gasteiger partial charge in [-0.15, -0.1) is 0 Å². The molecule has 0 spiro atoms. The molecular formula is C34H49NO4. The minimum Gasteiger partial charge on any atom is -0.393 e. The highest BCUT2D eigenvalue weighted by Crippen LogP contribution is 2.37. The van der Waals surface area contributed by atoms with Crippen molar-refractivity contribution < 1.29 is 20.1 Å². The molecule has 5 nitrogen and oxygen atoms in total. The molecule has 4 rings (SSSR count). The quantitative estimate of drug-likeness (QED) is 0.295. The predicted octanol–water partition coefficient (Wildman–Crippen LogP) is 5.75. The Morgan fingerprint density at radius 2 is 1.62 bits per heavy atom. The average molecular weight is 536 g/mol. The van der Waals surface area contributed by atoms with E-state index >= 15 is 0 Å². The molecule has 6 atom stereocenters. The Morgan fingerprint density at radius 3 is 2.31 bits per heavy atom. The summed E-state index contributed by atoms with van der Waals surface area (Å²) >= 11 is 0. The Bertz CT molecular complexity index is 1040. The van der Waals surface area contributed by atoms with E-state index in [0.29, 0.717) is 31.6 Å². The summed E-state index contributed by atoms with van der Waals surface area (Å²) in [6, 6.07) is 17.4. The fourth-order valence-electron chi connectivity index (χ4n) is 6.59. The van der Waals surface area contributed by atoms with Crippen molar-refractivity contribution >= 4 is 5.91 Å². The molecule has 0 saturated heterocycles. The van der Waals surface area contributed by atoms with Crippen LogP contribution in [0.1, 0.15) is 94.9 Å². The standard InChI is InChI=1S/C34H49NO4/c1-34(2,3)31(38)22-26(18-23-12-6-4-7-13-23)29(36)21-27(19-24-14-8-5-9-15-24)33(39)35-32-28-17-11-10-16-25(28)20-30(32)37/h5,8-11,14-17,23,26-27,29-32,36-38H,4,6-7,12-13,18-22H2,1-3H3,(H,35,39)/t26-,27-,29+,30-,31?,32+/m1/s1. The summed E-state index contributed by atoms with van der Waals surface area (Å²) < 4.78 is 0. The lowest BCUT2D eigenvalue weighted by Crippen LogP contribution is -2.41. The van der Waals surface area contributed by atoms with E-state index in [2.05, 4.69) is 5.32 Å². The van der Waals surface area contributed by atoms with Gasteiger partial charge in [0, 0.05) is 12.3 Å². The first kappa shape index (κ1) is 29.8. The molecule has 1 fully saturated rings. The molecule has 2 aliphatic rings. The maximum atomic E-state index is 13.8. The van der Waals surface area contributed by atoms with Crippen molar-refractivity contribution in [2.45, 2.75) is 109 Å². The number of nitrogens with one attached hydrogen (secondary N) is 1. The van der Waals surface area contributed by atoms with Crippen molar-refractivity contribution in [3.05, 3.63) is 71.3 Å². The Hall–Kier alpha value is -2.21.